The van der Waals surface area contributed by atoms with E-state index in [0.717, 1.165) is 33.9 Å². The SMILES string of the molecule is CC1(C)c2ccc3ccccc3c2-c2cccc(-c3ccc(-c4cc(-c5cccc6sc7ccccc7c56)nc(-c5ccccc5)n4)c4ccccc34)c21. The largest absolute Gasteiger partial charge is 0.228 e. The maximum atomic E-state index is 5.31. The van der Waals surface area contributed by atoms with E-state index in [-0.39, 0.29) is 5.41 Å². The molecule has 0 radical (unpaired) electrons. The summed E-state index contributed by atoms with van der Waals surface area (Å²) in [5, 5.41) is 7.50. The number of thiophene rings is 1. The Morgan fingerprint density at radius 2 is 1.06 bits per heavy atom. The van der Waals surface area contributed by atoms with Crippen molar-refractivity contribution in [3.8, 4) is 56.2 Å². The molecule has 254 valence electrons. The molecule has 0 bridgehead atoms. The normalized spacial score (nSPS) is 13.1. The van der Waals surface area contributed by atoms with Gasteiger partial charge in [0.25, 0.3) is 0 Å². The second-order valence-electron chi connectivity index (χ2n) is 14.9. The van der Waals surface area contributed by atoms with Gasteiger partial charge in [-0.3, -0.25) is 0 Å². The van der Waals surface area contributed by atoms with Crippen LogP contribution < -0.4 is 0 Å². The van der Waals surface area contributed by atoms with Crippen molar-refractivity contribution in [1.29, 1.82) is 0 Å². The van der Waals surface area contributed by atoms with Crippen LogP contribution in [0.5, 0.6) is 0 Å². The minimum absolute atomic E-state index is 0.163. The third-order valence-electron chi connectivity index (χ3n) is 11.5. The van der Waals surface area contributed by atoms with Crippen LogP contribution in [0.3, 0.4) is 0 Å². The second-order valence-corrected chi connectivity index (χ2v) is 16.0. The van der Waals surface area contributed by atoms with Gasteiger partial charge in [-0.2, -0.15) is 0 Å². The lowest BCUT2D eigenvalue weighted by molar-refractivity contribution is 0.662. The highest BCUT2D eigenvalue weighted by Crippen LogP contribution is 2.55. The van der Waals surface area contributed by atoms with Crippen LogP contribution in [0.15, 0.2) is 170 Å². The van der Waals surface area contributed by atoms with Gasteiger partial charge in [0, 0.05) is 42.3 Å². The van der Waals surface area contributed by atoms with Gasteiger partial charge in [0.2, 0.25) is 0 Å². The Hall–Kier alpha value is -6.42. The Labute approximate surface area is 318 Å². The third-order valence-corrected chi connectivity index (χ3v) is 12.6. The van der Waals surface area contributed by atoms with Crippen LogP contribution in [0.4, 0.5) is 0 Å². The van der Waals surface area contributed by atoms with Crippen molar-refractivity contribution in [1.82, 2.24) is 9.97 Å². The van der Waals surface area contributed by atoms with Crippen LogP contribution in [0.1, 0.15) is 25.0 Å². The van der Waals surface area contributed by atoms with Crippen LogP contribution >= 0.6 is 11.3 Å². The Morgan fingerprint density at radius 1 is 0.444 bits per heavy atom. The van der Waals surface area contributed by atoms with Gasteiger partial charge in [0.15, 0.2) is 5.82 Å². The number of aromatic nitrogens is 2. The molecule has 0 unspecified atom stereocenters. The Balaban J connectivity index is 1.14. The number of rotatable bonds is 4. The molecule has 0 aliphatic heterocycles. The second kappa shape index (κ2) is 11.8. The van der Waals surface area contributed by atoms with Crippen molar-refractivity contribution in [3.63, 3.8) is 0 Å². The molecule has 1 aliphatic rings. The summed E-state index contributed by atoms with van der Waals surface area (Å²) in [4.78, 5) is 10.6. The summed E-state index contributed by atoms with van der Waals surface area (Å²) in [5.41, 5.74) is 12.9. The summed E-state index contributed by atoms with van der Waals surface area (Å²) in [6, 6.07) is 61.6. The predicted molar refractivity (Wildman–Crippen MR) is 229 cm³/mol. The number of hydrogen-bond acceptors (Lipinski definition) is 3. The van der Waals surface area contributed by atoms with Crippen molar-refractivity contribution in [3.05, 3.63) is 181 Å². The highest BCUT2D eigenvalue weighted by molar-refractivity contribution is 7.25. The first kappa shape index (κ1) is 31.1. The molecule has 3 heteroatoms. The zero-order valence-corrected chi connectivity index (χ0v) is 30.8. The molecule has 54 heavy (non-hydrogen) atoms. The molecule has 11 rings (SSSR count). The molecule has 0 saturated heterocycles. The molecule has 0 spiro atoms. The predicted octanol–water partition coefficient (Wildman–Crippen LogP) is 14.1. The molecule has 2 nitrogen and oxygen atoms in total. The van der Waals surface area contributed by atoms with E-state index in [1.165, 1.54) is 75.1 Å². The van der Waals surface area contributed by atoms with Crippen LogP contribution in [-0.2, 0) is 5.41 Å². The first-order chi connectivity index (χ1) is 26.5. The monoisotopic (exact) mass is 706 g/mol. The molecular formula is C51H34N2S. The smallest absolute Gasteiger partial charge is 0.160 e. The molecule has 0 saturated carbocycles. The molecule has 0 amide bonds. The van der Waals surface area contributed by atoms with Gasteiger partial charge in [-0.15, -0.1) is 11.3 Å². The molecule has 8 aromatic carbocycles. The van der Waals surface area contributed by atoms with E-state index < -0.39 is 0 Å². The maximum absolute atomic E-state index is 5.31. The number of hydrogen-bond donors (Lipinski definition) is 0. The van der Waals surface area contributed by atoms with Crippen LogP contribution in [0, 0.1) is 0 Å². The molecule has 0 fully saturated rings. The van der Waals surface area contributed by atoms with Gasteiger partial charge in [0.05, 0.1) is 11.4 Å². The lowest BCUT2D eigenvalue weighted by Gasteiger charge is -2.25. The summed E-state index contributed by atoms with van der Waals surface area (Å²) in [5.74, 6) is 0.723. The first-order valence-electron chi connectivity index (χ1n) is 18.6. The van der Waals surface area contributed by atoms with Crippen LogP contribution in [0.25, 0.3) is 97.9 Å². The highest BCUT2D eigenvalue weighted by Gasteiger charge is 2.38. The Morgan fingerprint density at radius 3 is 1.89 bits per heavy atom. The van der Waals surface area contributed by atoms with E-state index in [1.807, 2.05) is 17.4 Å². The van der Waals surface area contributed by atoms with Gasteiger partial charge in [-0.05, 0) is 73.1 Å². The maximum Gasteiger partial charge on any atom is 0.160 e. The summed E-state index contributed by atoms with van der Waals surface area (Å²) >= 11 is 1.83. The lowest BCUT2D eigenvalue weighted by atomic mass is 9.78. The quantitative estimate of drug-likeness (QED) is 0.182. The summed E-state index contributed by atoms with van der Waals surface area (Å²) < 4.78 is 2.55. The molecule has 1 aliphatic carbocycles. The molecule has 0 atom stereocenters. The average Bonchev–Trinajstić information content (AvgIpc) is 3.73. The minimum atomic E-state index is -0.163. The fraction of sp³-hybridized carbons (Fsp3) is 0.0588. The topological polar surface area (TPSA) is 25.8 Å². The zero-order chi connectivity index (χ0) is 36.0. The van der Waals surface area contributed by atoms with Gasteiger partial charge in [-0.1, -0.05) is 166 Å². The third kappa shape index (κ3) is 4.58. The highest BCUT2D eigenvalue weighted by atomic mass is 32.1. The molecule has 0 N–H and O–H groups in total. The first-order valence-corrected chi connectivity index (χ1v) is 19.4. The van der Waals surface area contributed by atoms with E-state index in [0.29, 0.717) is 0 Å². The van der Waals surface area contributed by atoms with Gasteiger partial charge in [0.1, 0.15) is 0 Å². The number of benzene rings is 8. The molecule has 2 aromatic heterocycles. The van der Waals surface area contributed by atoms with Gasteiger partial charge >= 0.3 is 0 Å². The van der Waals surface area contributed by atoms with Crippen molar-refractivity contribution in [2.24, 2.45) is 0 Å². The van der Waals surface area contributed by atoms with Crippen molar-refractivity contribution < 1.29 is 0 Å². The fourth-order valence-corrected chi connectivity index (χ4v) is 10.2. The van der Waals surface area contributed by atoms with E-state index in [4.69, 9.17) is 9.97 Å². The lowest BCUT2D eigenvalue weighted by Crippen LogP contribution is -2.16. The van der Waals surface area contributed by atoms with Crippen molar-refractivity contribution in [2.75, 3.05) is 0 Å². The van der Waals surface area contributed by atoms with Gasteiger partial charge < -0.3 is 0 Å². The molecule has 10 aromatic rings. The molecule has 2 heterocycles. The summed E-state index contributed by atoms with van der Waals surface area (Å²) in [6.45, 7) is 4.77. The fourth-order valence-electron chi connectivity index (χ4n) is 9.06. The molecular weight excluding hydrogens is 673 g/mol. The van der Waals surface area contributed by atoms with Gasteiger partial charge in [-0.25, -0.2) is 9.97 Å². The van der Waals surface area contributed by atoms with Crippen LogP contribution in [0.2, 0.25) is 0 Å². The summed E-state index contributed by atoms with van der Waals surface area (Å²) in [6.07, 6.45) is 0. The van der Waals surface area contributed by atoms with E-state index in [9.17, 15) is 0 Å². The van der Waals surface area contributed by atoms with Crippen molar-refractivity contribution >= 4 is 53.1 Å². The van der Waals surface area contributed by atoms with E-state index in [2.05, 4.69) is 178 Å². The standard InChI is InChI=1S/C51H34N2S/c1-51(2)42-29-26-31-14-6-7-17-33(31)47(42)41-23-12-21-38(49(41)51)36-27-28-37(35-19-9-8-18-34(35)36)43-30-44(53-50(52-43)32-15-4-3-5-16-32)39-22-13-25-46-48(39)40-20-10-11-24-45(40)54-46/h3-30H,1-2H3. The Bertz CT molecular complexity index is 3130. The van der Waals surface area contributed by atoms with E-state index in [1.54, 1.807) is 0 Å². The van der Waals surface area contributed by atoms with E-state index >= 15 is 0 Å². The minimum Gasteiger partial charge on any atom is -0.228 e. The van der Waals surface area contributed by atoms with Crippen LogP contribution in [-0.4, -0.2) is 9.97 Å². The summed E-state index contributed by atoms with van der Waals surface area (Å²) in [7, 11) is 0. The van der Waals surface area contributed by atoms with Crippen molar-refractivity contribution in [2.45, 2.75) is 19.3 Å². The zero-order valence-electron chi connectivity index (χ0n) is 30.0. The Kier molecular flexibility index (Phi) is 6.80. The average molecular weight is 707 g/mol. The number of fused-ring (bicyclic) bond motifs is 9. The number of nitrogens with zero attached hydrogens (tertiary/aromatic N) is 2.